The summed E-state index contributed by atoms with van der Waals surface area (Å²) in [4.78, 5) is 36.3. The third-order valence-electron chi connectivity index (χ3n) is 7.32. The van der Waals surface area contributed by atoms with Gasteiger partial charge in [-0.05, 0) is 74.6 Å². The Labute approximate surface area is 229 Å². The number of carbonyl (C=O) groups is 2. The molecule has 1 fully saturated rings. The van der Waals surface area contributed by atoms with Crippen molar-refractivity contribution in [3.8, 4) is 0 Å². The minimum Gasteiger partial charge on any atom is -0.465 e. The Morgan fingerprint density at radius 2 is 1.90 bits per heavy atom. The number of nitrogens with one attached hydrogen (secondary N) is 4. The van der Waals surface area contributed by atoms with Gasteiger partial charge in [-0.1, -0.05) is 19.4 Å². The maximum absolute atomic E-state index is 13.8. The second-order valence-electron chi connectivity index (χ2n) is 10.2. The number of benzene rings is 2. The normalized spacial score (nSPS) is 14.8. The molecule has 2 aromatic carbocycles. The van der Waals surface area contributed by atoms with Crippen LogP contribution in [-0.2, 0) is 26.4 Å². The van der Waals surface area contributed by atoms with Crippen LogP contribution in [0.2, 0.25) is 0 Å². The number of aryl methyl sites for hydroxylation is 1. The molecule has 0 aliphatic carbocycles. The minimum atomic E-state index is -1.11. The second-order valence-corrected chi connectivity index (χ2v) is 10.2. The van der Waals surface area contributed by atoms with Crippen LogP contribution in [0.15, 0.2) is 36.4 Å². The third kappa shape index (κ3) is 6.39. The number of ether oxygens (including phenoxy) is 1. The largest absolute Gasteiger partial charge is 0.465 e. The van der Waals surface area contributed by atoms with Gasteiger partial charge in [0.1, 0.15) is 17.2 Å². The van der Waals surface area contributed by atoms with Gasteiger partial charge in [-0.3, -0.25) is 20.3 Å². The van der Waals surface area contributed by atoms with E-state index in [9.17, 15) is 9.59 Å². The number of hydrogen-bond acceptors (Lipinski definition) is 7. The summed E-state index contributed by atoms with van der Waals surface area (Å²) >= 11 is 0. The Morgan fingerprint density at radius 1 is 1.18 bits per heavy atom. The number of amides is 1. The summed E-state index contributed by atoms with van der Waals surface area (Å²) in [7, 11) is 0. The number of rotatable bonds is 12. The lowest BCUT2D eigenvalue weighted by Crippen LogP contribution is -2.54. The molecule has 1 saturated heterocycles. The number of nitrogens with two attached hydrogens (primary N) is 1. The summed E-state index contributed by atoms with van der Waals surface area (Å²) < 4.78 is 5.34. The Morgan fingerprint density at radius 3 is 2.56 bits per heavy atom. The molecule has 0 radical (unpaired) electrons. The molecule has 1 aliphatic heterocycles. The van der Waals surface area contributed by atoms with E-state index in [1.165, 1.54) is 0 Å². The molecule has 2 heterocycles. The van der Waals surface area contributed by atoms with E-state index in [4.69, 9.17) is 20.9 Å². The van der Waals surface area contributed by atoms with Gasteiger partial charge in [-0.25, -0.2) is 4.98 Å². The summed E-state index contributed by atoms with van der Waals surface area (Å²) in [6.07, 6.45) is 3.71. The van der Waals surface area contributed by atoms with Crippen LogP contribution in [0.25, 0.3) is 11.0 Å². The highest BCUT2D eigenvalue weighted by Crippen LogP contribution is 2.32. The molecule has 0 bridgehead atoms. The van der Waals surface area contributed by atoms with Crippen LogP contribution in [0.4, 0.5) is 5.69 Å². The van der Waals surface area contributed by atoms with Crippen molar-refractivity contribution in [1.29, 1.82) is 5.41 Å². The topological polar surface area (TPSA) is 149 Å². The number of nitrogens with zero attached hydrogens (tertiary/aromatic N) is 2. The van der Waals surface area contributed by atoms with Crippen LogP contribution >= 0.6 is 0 Å². The van der Waals surface area contributed by atoms with E-state index in [-0.39, 0.29) is 24.3 Å². The number of anilines is 1. The Kier molecular flexibility index (Phi) is 8.86. The van der Waals surface area contributed by atoms with Crippen LogP contribution < -0.4 is 16.4 Å². The number of hydrogen-bond donors (Lipinski definition) is 5. The summed E-state index contributed by atoms with van der Waals surface area (Å²) in [6, 6.07) is 11.2. The van der Waals surface area contributed by atoms with Crippen molar-refractivity contribution in [2.45, 2.75) is 58.5 Å². The van der Waals surface area contributed by atoms with Gasteiger partial charge < -0.3 is 25.7 Å². The first-order chi connectivity index (χ1) is 18.7. The Balaban J connectivity index is 1.56. The number of aromatic nitrogens is 2. The molecule has 208 valence electrons. The van der Waals surface area contributed by atoms with E-state index in [0.29, 0.717) is 31.8 Å². The molecule has 10 nitrogen and oxygen atoms in total. The number of fused-ring (bicyclic) bond motifs is 1. The average Bonchev–Trinajstić information content (AvgIpc) is 3.61. The van der Waals surface area contributed by atoms with Crippen molar-refractivity contribution in [1.82, 2.24) is 20.2 Å². The lowest BCUT2D eigenvalue weighted by molar-refractivity contribution is -0.144. The maximum Gasteiger partial charge on any atom is 0.319 e. The first-order valence-electron chi connectivity index (χ1n) is 13.6. The fraction of sp³-hybridized carbons (Fsp3) is 0.448. The smallest absolute Gasteiger partial charge is 0.319 e. The fourth-order valence-corrected chi connectivity index (χ4v) is 5.00. The molecule has 1 aliphatic rings. The lowest BCUT2D eigenvalue weighted by atomic mass is 9.86. The molecular weight excluding hydrogens is 494 g/mol. The van der Waals surface area contributed by atoms with E-state index in [0.717, 1.165) is 59.4 Å². The van der Waals surface area contributed by atoms with Crippen molar-refractivity contribution < 1.29 is 14.3 Å². The van der Waals surface area contributed by atoms with Gasteiger partial charge in [-0.2, -0.15) is 0 Å². The van der Waals surface area contributed by atoms with Crippen LogP contribution in [0.3, 0.4) is 0 Å². The van der Waals surface area contributed by atoms with Gasteiger partial charge in [-0.15, -0.1) is 0 Å². The zero-order valence-electron chi connectivity index (χ0n) is 23.0. The summed E-state index contributed by atoms with van der Waals surface area (Å²) in [6.45, 7) is 8.07. The molecule has 1 aromatic heterocycles. The van der Waals surface area contributed by atoms with Gasteiger partial charge in [0.05, 0.1) is 30.7 Å². The average molecular weight is 534 g/mol. The van der Waals surface area contributed by atoms with Crippen molar-refractivity contribution in [2.75, 3.05) is 31.6 Å². The number of amidine groups is 1. The number of H-pyrrole nitrogens is 1. The van der Waals surface area contributed by atoms with E-state index in [1.807, 2.05) is 49.9 Å². The van der Waals surface area contributed by atoms with Crippen LogP contribution in [0.1, 0.15) is 62.0 Å². The summed E-state index contributed by atoms with van der Waals surface area (Å²) in [5, 5.41) is 14.1. The highest BCUT2D eigenvalue weighted by atomic mass is 16.5. The Hall–Kier alpha value is -3.92. The van der Waals surface area contributed by atoms with Gasteiger partial charge in [0, 0.05) is 24.3 Å². The standard InChI is InChI=1S/C29H39N7O3/c1-4-5-16-39-25(37)18-33-29(3,28(38)36-14-6-7-15-36)22-12-13-23-26(19(22)2)35-24(34-23)17-32-21-10-8-20(9-11-21)27(30)31/h8-13,32-33H,4-7,14-18H2,1-3H3,(H3,30,31)(H,34,35)/t29-/m1/s1. The maximum atomic E-state index is 13.8. The molecule has 39 heavy (non-hydrogen) atoms. The molecule has 6 N–H and O–H groups in total. The number of nitrogen functional groups attached to an aromatic ring is 1. The van der Waals surface area contributed by atoms with E-state index >= 15 is 0 Å². The molecule has 1 amide bonds. The zero-order chi connectivity index (χ0) is 28.0. The second kappa shape index (κ2) is 12.3. The van der Waals surface area contributed by atoms with Crippen molar-refractivity contribution in [3.05, 3.63) is 58.9 Å². The molecule has 10 heteroatoms. The van der Waals surface area contributed by atoms with Crippen LogP contribution in [0.5, 0.6) is 0 Å². The van der Waals surface area contributed by atoms with Crippen molar-refractivity contribution in [2.24, 2.45) is 5.73 Å². The zero-order valence-corrected chi connectivity index (χ0v) is 23.0. The molecular formula is C29H39N7O3. The summed E-state index contributed by atoms with van der Waals surface area (Å²) in [5.74, 6) is 0.367. The monoisotopic (exact) mass is 533 g/mol. The Bertz CT molecular complexity index is 1330. The molecule has 1 atom stereocenters. The lowest BCUT2D eigenvalue weighted by Gasteiger charge is -2.35. The van der Waals surface area contributed by atoms with Crippen molar-refractivity contribution in [3.63, 3.8) is 0 Å². The number of aromatic amines is 1. The van der Waals surface area contributed by atoms with Crippen LogP contribution in [0, 0.1) is 12.3 Å². The predicted molar refractivity (Wildman–Crippen MR) is 153 cm³/mol. The molecule has 0 saturated carbocycles. The number of imidazole rings is 1. The van der Waals surface area contributed by atoms with E-state index < -0.39 is 5.54 Å². The highest BCUT2D eigenvalue weighted by Gasteiger charge is 2.41. The number of esters is 1. The van der Waals surface area contributed by atoms with Gasteiger partial charge in [0.25, 0.3) is 0 Å². The minimum absolute atomic E-state index is 0.0307. The molecule has 4 rings (SSSR count). The first-order valence-corrected chi connectivity index (χ1v) is 13.6. The number of carbonyl (C=O) groups excluding carboxylic acids is 2. The predicted octanol–water partition coefficient (Wildman–Crippen LogP) is 3.54. The van der Waals surface area contributed by atoms with Crippen LogP contribution in [-0.4, -0.2) is 58.8 Å². The van der Waals surface area contributed by atoms with Gasteiger partial charge >= 0.3 is 5.97 Å². The number of likely N-dealkylation sites (tertiary alicyclic amines) is 1. The third-order valence-corrected chi connectivity index (χ3v) is 7.32. The highest BCUT2D eigenvalue weighted by molar-refractivity contribution is 5.95. The summed E-state index contributed by atoms with van der Waals surface area (Å²) in [5.41, 5.74) is 9.30. The van der Waals surface area contributed by atoms with Crippen molar-refractivity contribution >= 4 is 34.4 Å². The molecule has 0 unspecified atom stereocenters. The quantitative estimate of drug-likeness (QED) is 0.103. The van der Waals surface area contributed by atoms with Gasteiger partial charge in [0.15, 0.2) is 0 Å². The van der Waals surface area contributed by atoms with E-state index in [2.05, 4.69) is 15.6 Å². The molecule has 0 spiro atoms. The molecule has 3 aromatic rings. The first kappa shape index (κ1) is 28.1. The fourth-order valence-electron chi connectivity index (χ4n) is 5.00. The number of unbranched alkanes of at least 4 members (excludes halogenated alkanes) is 1. The van der Waals surface area contributed by atoms with E-state index in [1.54, 1.807) is 12.1 Å². The van der Waals surface area contributed by atoms with Gasteiger partial charge in [0.2, 0.25) is 5.91 Å². The SMILES string of the molecule is CCCCOC(=O)CN[C@@](C)(C(=O)N1CCCC1)c1ccc2[nH]c(CNc3ccc(C(=N)N)cc3)nc2c1C.